The average molecular weight is 300 g/mol. The molecule has 0 aliphatic carbocycles. The molecule has 0 atom stereocenters. The van der Waals surface area contributed by atoms with Crippen LogP contribution in [0.1, 0.15) is 16.3 Å². The Balaban J connectivity index is 1.88. The molecule has 0 unspecified atom stereocenters. The van der Waals surface area contributed by atoms with Crippen molar-refractivity contribution in [3.05, 3.63) is 44.9 Å². The van der Waals surface area contributed by atoms with Crippen LogP contribution < -0.4 is 4.74 Å². The van der Waals surface area contributed by atoms with Crippen LogP contribution in [0.25, 0.3) is 0 Å². The average Bonchev–Trinajstić information content (AvgIpc) is 2.80. The number of nitrogens with zero attached hydrogens (tertiary/aromatic N) is 1. The third kappa shape index (κ3) is 3.64. The molecule has 0 saturated carbocycles. The fourth-order valence-corrected chi connectivity index (χ4v) is 2.85. The summed E-state index contributed by atoms with van der Waals surface area (Å²) < 4.78 is 5.73. The molecule has 0 radical (unpaired) electrons. The van der Waals surface area contributed by atoms with E-state index < -0.39 is 0 Å². The van der Waals surface area contributed by atoms with E-state index >= 15 is 0 Å². The number of thiol groups is 1. The van der Waals surface area contributed by atoms with E-state index in [-0.39, 0.29) is 0 Å². The lowest BCUT2D eigenvalue weighted by atomic mass is 10.2. The molecule has 1 aromatic carbocycles. The van der Waals surface area contributed by atoms with E-state index in [0.29, 0.717) is 12.4 Å². The number of aryl methyl sites for hydroxylation is 1. The molecule has 0 saturated heterocycles. The first-order valence-corrected chi connectivity index (χ1v) is 7.51. The smallest absolute Gasteiger partial charge is 0.122 e. The quantitative estimate of drug-likeness (QED) is 0.838. The molecule has 0 bridgehead atoms. The lowest BCUT2D eigenvalue weighted by Gasteiger charge is -2.08. The highest BCUT2D eigenvalue weighted by Crippen LogP contribution is 2.22. The topological polar surface area (TPSA) is 22.1 Å². The molecule has 0 aliphatic heterocycles. The highest BCUT2D eigenvalue weighted by molar-refractivity contribution is 7.79. The molecule has 0 spiro atoms. The fourth-order valence-electron chi connectivity index (χ4n) is 1.56. The van der Waals surface area contributed by atoms with Crippen molar-refractivity contribution in [2.75, 3.05) is 6.61 Å². The van der Waals surface area contributed by atoms with Crippen molar-refractivity contribution in [3.63, 3.8) is 0 Å². The van der Waals surface area contributed by atoms with Crippen molar-refractivity contribution in [1.82, 2.24) is 4.98 Å². The normalized spacial score (nSPS) is 10.6. The largest absolute Gasteiger partial charge is 0.493 e. The van der Waals surface area contributed by atoms with Crippen molar-refractivity contribution in [1.29, 1.82) is 0 Å². The summed E-state index contributed by atoms with van der Waals surface area (Å²) in [5.41, 5.74) is 2.08. The lowest BCUT2D eigenvalue weighted by Crippen LogP contribution is -2.02. The highest BCUT2D eigenvalue weighted by Gasteiger charge is 2.03. The van der Waals surface area contributed by atoms with Gasteiger partial charge in [-0.3, -0.25) is 0 Å². The first-order valence-electron chi connectivity index (χ1n) is 5.62. The van der Waals surface area contributed by atoms with E-state index in [1.165, 1.54) is 0 Å². The number of halogens is 1. The number of hydrogen-bond acceptors (Lipinski definition) is 4. The molecule has 1 heterocycles. The Bertz CT molecular complexity index is 527. The molecular formula is C13H14ClNOS2. The van der Waals surface area contributed by atoms with Gasteiger partial charge in [0.1, 0.15) is 5.75 Å². The molecule has 0 fully saturated rings. The summed E-state index contributed by atoms with van der Waals surface area (Å²) in [4.78, 5) is 4.44. The van der Waals surface area contributed by atoms with Crippen molar-refractivity contribution in [2.45, 2.75) is 19.1 Å². The summed E-state index contributed by atoms with van der Waals surface area (Å²) in [5, 5.41) is 3.86. The molecule has 96 valence electrons. The number of aromatic nitrogens is 1. The third-order valence-electron chi connectivity index (χ3n) is 2.47. The molecule has 5 heteroatoms. The molecule has 1 aromatic heterocycles. The van der Waals surface area contributed by atoms with Gasteiger partial charge in [-0.15, -0.1) is 11.3 Å². The predicted molar refractivity (Wildman–Crippen MR) is 80.2 cm³/mol. The minimum absolute atomic E-state index is 0.627. The summed E-state index contributed by atoms with van der Waals surface area (Å²) in [6.07, 6.45) is 0.820. The van der Waals surface area contributed by atoms with Crippen LogP contribution in [-0.4, -0.2) is 11.6 Å². The summed E-state index contributed by atoms with van der Waals surface area (Å²) in [6.45, 7) is 2.62. The SMILES string of the molecule is Cc1cc(Cl)ccc1OCCc1nc(CS)cs1. The van der Waals surface area contributed by atoms with Crippen LogP contribution in [-0.2, 0) is 12.2 Å². The van der Waals surface area contributed by atoms with Crippen molar-refractivity contribution >= 4 is 35.6 Å². The Hall–Kier alpha value is -0.710. The van der Waals surface area contributed by atoms with Gasteiger partial charge in [0.2, 0.25) is 0 Å². The van der Waals surface area contributed by atoms with Crippen LogP contribution in [0.3, 0.4) is 0 Å². The zero-order valence-electron chi connectivity index (χ0n) is 10.0. The molecule has 2 nitrogen and oxygen atoms in total. The fraction of sp³-hybridized carbons (Fsp3) is 0.308. The van der Waals surface area contributed by atoms with E-state index in [4.69, 9.17) is 16.3 Å². The van der Waals surface area contributed by atoms with Gasteiger partial charge in [-0.05, 0) is 30.7 Å². The van der Waals surface area contributed by atoms with Crippen LogP contribution in [0.4, 0.5) is 0 Å². The lowest BCUT2D eigenvalue weighted by molar-refractivity contribution is 0.319. The Morgan fingerprint density at radius 2 is 2.28 bits per heavy atom. The molecule has 2 rings (SSSR count). The van der Waals surface area contributed by atoms with E-state index in [2.05, 4.69) is 17.6 Å². The number of ether oxygens (including phenoxy) is 1. The van der Waals surface area contributed by atoms with E-state index in [1.54, 1.807) is 11.3 Å². The molecule has 0 N–H and O–H groups in total. The minimum Gasteiger partial charge on any atom is -0.493 e. The molecule has 0 aliphatic rings. The maximum absolute atomic E-state index is 5.89. The van der Waals surface area contributed by atoms with Gasteiger partial charge < -0.3 is 4.74 Å². The van der Waals surface area contributed by atoms with Crippen molar-refractivity contribution < 1.29 is 4.74 Å². The van der Waals surface area contributed by atoms with Crippen LogP contribution >= 0.6 is 35.6 Å². The van der Waals surface area contributed by atoms with Gasteiger partial charge in [0.15, 0.2) is 0 Å². The summed E-state index contributed by atoms with van der Waals surface area (Å²) in [5.74, 6) is 1.57. The van der Waals surface area contributed by atoms with E-state index in [1.807, 2.05) is 30.5 Å². The van der Waals surface area contributed by atoms with Gasteiger partial charge in [-0.1, -0.05) is 11.6 Å². The Morgan fingerprint density at radius 3 is 2.94 bits per heavy atom. The zero-order chi connectivity index (χ0) is 13.0. The maximum Gasteiger partial charge on any atom is 0.122 e. The zero-order valence-corrected chi connectivity index (χ0v) is 12.5. The van der Waals surface area contributed by atoms with Crippen molar-refractivity contribution in [2.24, 2.45) is 0 Å². The summed E-state index contributed by atoms with van der Waals surface area (Å²) >= 11 is 11.7. The van der Waals surface area contributed by atoms with Crippen molar-refractivity contribution in [3.8, 4) is 5.75 Å². The Labute approximate surface area is 121 Å². The van der Waals surface area contributed by atoms with Crippen LogP contribution in [0.15, 0.2) is 23.6 Å². The predicted octanol–water partition coefficient (Wildman–Crippen LogP) is 4.16. The molecular weight excluding hydrogens is 286 g/mol. The van der Waals surface area contributed by atoms with Gasteiger partial charge in [0.25, 0.3) is 0 Å². The maximum atomic E-state index is 5.89. The third-order valence-corrected chi connectivity index (χ3v) is 3.99. The van der Waals surface area contributed by atoms with E-state index in [0.717, 1.165) is 33.5 Å². The molecule has 0 amide bonds. The van der Waals surface area contributed by atoms with Gasteiger partial charge in [0.05, 0.1) is 17.3 Å². The van der Waals surface area contributed by atoms with Gasteiger partial charge >= 0.3 is 0 Å². The number of rotatable bonds is 5. The van der Waals surface area contributed by atoms with Gasteiger partial charge in [-0.25, -0.2) is 4.98 Å². The summed E-state index contributed by atoms with van der Waals surface area (Å²) in [7, 11) is 0. The Morgan fingerprint density at radius 1 is 1.44 bits per heavy atom. The number of hydrogen-bond donors (Lipinski definition) is 1. The van der Waals surface area contributed by atoms with Gasteiger partial charge in [-0.2, -0.15) is 12.6 Å². The summed E-state index contributed by atoms with van der Waals surface area (Å²) in [6, 6.07) is 5.64. The second kappa shape index (κ2) is 6.45. The van der Waals surface area contributed by atoms with Gasteiger partial charge in [0, 0.05) is 22.6 Å². The monoisotopic (exact) mass is 299 g/mol. The van der Waals surface area contributed by atoms with Crippen LogP contribution in [0.2, 0.25) is 5.02 Å². The van der Waals surface area contributed by atoms with E-state index in [9.17, 15) is 0 Å². The number of thiazole rings is 1. The minimum atomic E-state index is 0.627. The first-order chi connectivity index (χ1) is 8.69. The first kappa shape index (κ1) is 13.7. The molecule has 18 heavy (non-hydrogen) atoms. The van der Waals surface area contributed by atoms with Crippen LogP contribution in [0, 0.1) is 6.92 Å². The second-order valence-electron chi connectivity index (χ2n) is 3.90. The second-order valence-corrected chi connectivity index (χ2v) is 5.59. The Kier molecular flexibility index (Phi) is 4.92. The number of benzene rings is 1. The standard InChI is InChI=1S/C13H14ClNOS2/c1-9-6-10(14)2-3-12(9)16-5-4-13-15-11(7-17)8-18-13/h2-3,6,8,17H,4-5,7H2,1H3. The highest BCUT2D eigenvalue weighted by atomic mass is 35.5. The molecule has 2 aromatic rings. The van der Waals surface area contributed by atoms with Crippen LogP contribution in [0.5, 0.6) is 5.75 Å².